The van der Waals surface area contributed by atoms with Gasteiger partial charge in [0.25, 0.3) is 0 Å². The van der Waals surface area contributed by atoms with Crippen LogP contribution in [0.25, 0.3) is 0 Å². The molecule has 150 valence electrons. The molecule has 1 aromatic heterocycles. The first-order valence-electron chi connectivity index (χ1n) is 8.89. The van der Waals surface area contributed by atoms with E-state index in [1.165, 1.54) is 28.6 Å². The van der Waals surface area contributed by atoms with Crippen LogP contribution in [0.5, 0.6) is 0 Å². The smallest absolute Gasteiger partial charge is 0.338 e. The van der Waals surface area contributed by atoms with Crippen molar-refractivity contribution in [3.8, 4) is 0 Å². The number of nitrogen functional groups attached to an aromatic ring is 2. The number of carbonyl (C=O) groups excluding carboxylic acids is 1. The van der Waals surface area contributed by atoms with Crippen molar-refractivity contribution in [3.63, 3.8) is 0 Å². The molecule has 28 heavy (non-hydrogen) atoms. The van der Waals surface area contributed by atoms with E-state index < -0.39 is 16.0 Å². The molecule has 0 unspecified atom stereocenters. The van der Waals surface area contributed by atoms with Crippen LogP contribution in [-0.2, 0) is 21.4 Å². The number of sulfonamides is 1. The van der Waals surface area contributed by atoms with Crippen LogP contribution in [-0.4, -0.2) is 46.7 Å². The van der Waals surface area contributed by atoms with Crippen LogP contribution in [0.15, 0.2) is 29.2 Å². The normalized spacial score (nSPS) is 15.7. The molecular formula is C17H22N6O4S. The van der Waals surface area contributed by atoms with Gasteiger partial charge in [-0.15, -0.1) is 0 Å². The summed E-state index contributed by atoms with van der Waals surface area (Å²) in [7, 11) is -3.57. The van der Waals surface area contributed by atoms with E-state index in [9.17, 15) is 13.2 Å². The van der Waals surface area contributed by atoms with E-state index in [1.54, 1.807) is 0 Å². The second-order valence-corrected chi connectivity index (χ2v) is 8.32. The summed E-state index contributed by atoms with van der Waals surface area (Å²) in [5.41, 5.74) is 11.1. The molecular weight excluding hydrogens is 384 g/mol. The van der Waals surface area contributed by atoms with Gasteiger partial charge in [0, 0.05) is 13.1 Å². The van der Waals surface area contributed by atoms with E-state index in [-0.39, 0.29) is 34.8 Å². The predicted molar refractivity (Wildman–Crippen MR) is 101 cm³/mol. The fourth-order valence-corrected chi connectivity index (χ4v) is 4.45. The molecule has 0 amide bonds. The van der Waals surface area contributed by atoms with Gasteiger partial charge in [-0.25, -0.2) is 13.2 Å². The van der Waals surface area contributed by atoms with Crippen molar-refractivity contribution in [2.75, 3.05) is 24.6 Å². The predicted octanol–water partition coefficient (Wildman–Crippen LogP) is 0.958. The number of nitrogens with two attached hydrogens (primary N) is 2. The molecule has 1 aliphatic heterocycles. The third kappa shape index (κ3) is 4.73. The van der Waals surface area contributed by atoms with Crippen LogP contribution in [0.4, 0.5) is 11.9 Å². The monoisotopic (exact) mass is 406 g/mol. The van der Waals surface area contributed by atoms with Crippen LogP contribution < -0.4 is 11.5 Å². The third-order valence-electron chi connectivity index (χ3n) is 4.34. The number of rotatable bonds is 5. The summed E-state index contributed by atoms with van der Waals surface area (Å²) in [5, 5.41) is 0. The zero-order valence-electron chi connectivity index (χ0n) is 15.2. The lowest BCUT2D eigenvalue weighted by Crippen LogP contribution is -2.31. The number of benzene rings is 1. The highest BCUT2D eigenvalue weighted by atomic mass is 32.2. The second-order valence-electron chi connectivity index (χ2n) is 6.39. The van der Waals surface area contributed by atoms with Gasteiger partial charge < -0.3 is 16.2 Å². The van der Waals surface area contributed by atoms with Crippen LogP contribution in [0.1, 0.15) is 41.9 Å². The first-order chi connectivity index (χ1) is 13.4. The molecule has 3 rings (SSSR count). The minimum Gasteiger partial charge on any atom is -0.454 e. The van der Waals surface area contributed by atoms with E-state index in [0.717, 1.165) is 25.7 Å². The number of carbonyl (C=O) groups is 1. The largest absolute Gasteiger partial charge is 0.454 e. The molecule has 4 N–H and O–H groups in total. The van der Waals surface area contributed by atoms with E-state index in [1.807, 2.05) is 0 Å². The van der Waals surface area contributed by atoms with Crippen molar-refractivity contribution >= 4 is 27.9 Å². The molecule has 0 radical (unpaired) electrons. The molecule has 1 saturated heterocycles. The van der Waals surface area contributed by atoms with Crippen molar-refractivity contribution in [1.29, 1.82) is 0 Å². The van der Waals surface area contributed by atoms with E-state index in [0.29, 0.717) is 13.1 Å². The molecule has 10 nitrogen and oxygen atoms in total. The molecule has 0 aliphatic carbocycles. The maximum atomic E-state index is 12.8. The Morgan fingerprint density at radius 1 is 0.964 bits per heavy atom. The summed E-state index contributed by atoms with van der Waals surface area (Å²) in [6, 6.07) is 5.66. The average Bonchev–Trinajstić information content (AvgIpc) is 2.95. The molecule has 1 fully saturated rings. The Bertz CT molecular complexity index is 920. The van der Waals surface area contributed by atoms with Crippen molar-refractivity contribution in [1.82, 2.24) is 19.3 Å². The Hall–Kier alpha value is -2.79. The van der Waals surface area contributed by atoms with Gasteiger partial charge in [0.2, 0.25) is 21.9 Å². The van der Waals surface area contributed by atoms with Gasteiger partial charge in [-0.3, -0.25) is 0 Å². The highest BCUT2D eigenvalue weighted by Crippen LogP contribution is 2.21. The zero-order chi connectivity index (χ0) is 20.1. The summed E-state index contributed by atoms with van der Waals surface area (Å²) in [6.07, 6.45) is 3.79. The summed E-state index contributed by atoms with van der Waals surface area (Å²) >= 11 is 0. The Kier molecular flexibility index (Phi) is 6.05. The van der Waals surface area contributed by atoms with Crippen LogP contribution in [0.3, 0.4) is 0 Å². The Labute approximate surface area is 163 Å². The van der Waals surface area contributed by atoms with Crippen molar-refractivity contribution < 1.29 is 17.9 Å². The maximum absolute atomic E-state index is 12.8. The van der Waals surface area contributed by atoms with Gasteiger partial charge in [-0.1, -0.05) is 12.8 Å². The van der Waals surface area contributed by atoms with Gasteiger partial charge in [-0.05, 0) is 37.1 Å². The van der Waals surface area contributed by atoms with Gasteiger partial charge in [0.1, 0.15) is 0 Å². The van der Waals surface area contributed by atoms with E-state index in [2.05, 4.69) is 15.0 Å². The SMILES string of the molecule is Nc1nc(N)nc(COC(=O)c2ccc(S(=O)(=O)N3CCCCCC3)cc2)n1. The van der Waals surface area contributed by atoms with Gasteiger partial charge >= 0.3 is 5.97 Å². The highest BCUT2D eigenvalue weighted by Gasteiger charge is 2.25. The maximum Gasteiger partial charge on any atom is 0.338 e. The summed E-state index contributed by atoms with van der Waals surface area (Å²) in [5.74, 6) is -0.654. The fourth-order valence-electron chi connectivity index (χ4n) is 2.93. The zero-order valence-corrected chi connectivity index (χ0v) is 16.1. The molecule has 0 atom stereocenters. The number of esters is 1. The number of ether oxygens (including phenoxy) is 1. The topological polar surface area (TPSA) is 154 Å². The number of anilines is 2. The lowest BCUT2D eigenvalue weighted by molar-refractivity contribution is 0.0462. The molecule has 0 bridgehead atoms. The second kappa shape index (κ2) is 8.48. The molecule has 0 spiro atoms. The Morgan fingerprint density at radius 3 is 2.11 bits per heavy atom. The molecule has 2 heterocycles. The first-order valence-corrected chi connectivity index (χ1v) is 10.3. The van der Waals surface area contributed by atoms with Gasteiger partial charge in [0.15, 0.2) is 12.4 Å². The van der Waals surface area contributed by atoms with E-state index in [4.69, 9.17) is 16.2 Å². The Balaban J connectivity index is 1.66. The average molecular weight is 406 g/mol. The molecule has 1 aromatic carbocycles. The van der Waals surface area contributed by atoms with Crippen molar-refractivity contribution in [2.24, 2.45) is 0 Å². The minimum absolute atomic E-state index is 0.0679. The van der Waals surface area contributed by atoms with Crippen LogP contribution in [0.2, 0.25) is 0 Å². The van der Waals surface area contributed by atoms with Gasteiger partial charge in [-0.2, -0.15) is 19.3 Å². The summed E-state index contributed by atoms with van der Waals surface area (Å²) < 4.78 is 32.1. The summed E-state index contributed by atoms with van der Waals surface area (Å²) in [6.45, 7) is 0.804. The van der Waals surface area contributed by atoms with E-state index >= 15 is 0 Å². The highest BCUT2D eigenvalue weighted by molar-refractivity contribution is 7.89. The summed E-state index contributed by atoms with van der Waals surface area (Å²) in [4.78, 5) is 23.6. The number of nitrogens with zero attached hydrogens (tertiary/aromatic N) is 4. The Morgan fingerprint density at radius 2 is 1.54 bits per heavy atom. The quantitative estimate of drug-likeness (QED) is 0.691. The molecule has 11 heteroatoms. The third-order valence-corrected chi connectivity index (χ3v) is 6.25. The number of hydrogen-bond acceptors (Lipinski definition) is 9. The first kappa shape index (κ1) is 20.0. The molecule has 0 saturated carbocycles. The molecule has 2 aromatic rings. The molecule has 1 aliphatic rings. The van der Waals surface area contributed by atoms with Crippen molar-refractivity contribution in [3.05, 3.63) is 35.7 Å². The lowest BCUT2D eigenvalue weighted by Gasteiger charge is -2.19. The lowest BCUT2D eigenvalue weighted by atomic mass is 10.2. The van der Waals surface area contributed by atoms with Crippen LogP contribution >= 0.6 is 0 Å². The fraction of sp³-hybridized carbons (Fsp3) is 0.412. The van der Waals surface area contributed by atoms with Gasteiger partial charge in [0.05, 0.1) is 10.5 Å². The standard InChI is InChI=1S/C17H22N6O4S/c18-16-20-14(21-17(19)22-16)11-27-15(24)12-5-7-13(8-6-12)28(25,26)23-9-3-1-2-4-10-23/h5-8H,1-4,9-11H2,(H4,18,19,20,21,22). The minimum atomic E-state index is -3.57. The number of aromatic nitrogens is 3. The van der Waals surface area contributed by atoms with Crippen LogP contribution in [0, 0.1) is 0 Å². The van der Waals surface area contributed by atoms with Crippen molar-refractivity contribution in [2.45, 2.75) is 37.2 Å². The number of hydrogen-bond donors (Lipinski definition) is 2.